The molecule has 0 bridgehead atoms. The zero-order chi connectivity index (χ0) is 13.4. The van der Waals surface area contributed by atoms with Crippen molar-refractivity contribution in [1.29, 1.82) is 0 Å². The molecule has 1 aliphatic rings. The first-order valence-electron chi connectivity index (χ1n) is 7.04. The largest absolute Gasteiger partial charge is 0.327 e. The highest BCUT2D eigenvalue weighted by atomic mass is 14.7. The van der Waals surface area contributed by atoms with Crippen molar-refractivity contribution in [2.45, 2.75) is 38.6 Å². The summed E-state index contributed by atoms with van der Waals surface area (Å²) < 4.78 is 0. The molecule has 0 aliphatic heterocycles. The van der Waals surface area contributed by atoms with Gasteiger partial charge in [-0.15, -0.1) is 0 Å². The van der Waals surface area contributed by atoms with Crippen molar-refractivity contribution < 1.29 is 0 Å². The second-order valence-corrected chi connectivity index (χ2v) is 5.81. The van der Waals surface area contributed by atoms with E-state index in [2.05, 4.69) is 56.3 Å². The van der Waals surface area contributed by atoms with Crippen LogP contribution in [-0.2, 0) is 12.8 Å². The summed E-state index contributed by atoms with van der Waals surface area (Å²) in [6.07, 6.45) is 2.12. The van der Waals surface area contributed by atoms with Crippen LogP contribution in [0.25, 0.3) is 0 Å². The Balaban J connectivity index is 1.76. The molecule has 2 aromatic carbocycles. The maximum Gasteiger partial charge on any atom is 0.0152 e. The van der Waals surface area contributed by atoms with Gasteiger partial charge in [0, 0.05) is 12.0 Å². The van der Waals surface area contributed by atoms with E-state index in [0.29, 0.717) is 5.92 Å². The summed E-state index contributed by atoms with van der Waals surface area (Å²) in [5.41, 5.74) is 13.5. The van der Waals surface area contributed by atoms with E-state index >= 15 is 0 Å². The minimum absolute atomic E-state index is 0.232. The SMILES string of the molecule is Cc1ccc(C)c(CC(N)C2Cc3ccccc32)c1. The molecule has 0 radical (unpaired) electrons. The molecule has 1 aliphatic carbocycles. The summed E-state index contributed by atoms with van der Waals surface area (Å²) in [4.78, 5) is 0. The molecule has 0 amide bonds. The van der Waals surface area contributed by atoms with Crippen molar-refractivity contribution in [2.24, 2.45) is 5.73 Å². The summed E-state index contributed by atoms with van der Waals surface area (Å²) in [5.74, 6) is 0.538. The van der Waals surface area contributed by atoms with E-state index in [-0.39, 0.29) is 6.04 Å². The summed E-state index contributed by atoms with van der Waals surface area (Å²) in [7, 11) is 0. The Labute approximate surface area is 115 Å². The molecule has 0 fully saturated rings. The average molecular weight is 251 g/mol. The molecular formula is C18H21N. The molecular weight excluding hydrogens is 230 g/mol. The van der Waals surface area contributed by atoms with Crippen LogP contribution >= 0.6 is 0 Å². The van der Waals surface area contributed by atoms with Crippen LogP contribution < -0.4 is 5.73 Å². The third kappa shape index (κ3) is 2.31. The average Bonchev–Trinajstić information content (AvgIpc) is 2.35. The van der Waals surface area contributed by atoms with Gasteiger partial charge in [-0.1, -0.05) is 48.0 Å². The molecule has 1 heteroatoms. The first kappa shape index (κ1) is 12.4. The lowest BCUT2D eigenvalue weighted by molar-refractivity contribution is 0.480. The third-order valence-electron chi connectivity index (χ3n) is 4.37. The molecule has 0 saturated carbocycles. The van der Waals surface area contributed by atoms with Crippen LogP contribution in [-0.4, -0.2) is 6.04 Å². The number of fused-ring (bicyclic) bond motifs is 1. The van der Waals surface area contributed by atoms with Gasteiger partial charge in [0.05, 0.1) is 0 Å². The van der Waals surface area contributed by atoms with E-state index in [1.165, 1.54) is 27.8 Å². The maximum atomic E-state index is 6.44. The number of rotatable bonds is 3. The minimum atomic E-state index is 0.232. The van der Waals surface area contributed by atoms with Crippen molar-refractivity contribution in [3.05, 3.63) is 70.3 Å². The van der Waals surface area contributed by atoms with Gasteiger partial charge >= 0.3 is 0 Å². The van der Waals surface area contributed by atoms with E-state index in [9.17, 15) is 0 Å². The topological polar surface area (TPSA) is 26.0 Å². The summed E-state index contributed by atoms with van der Waals surface area (Å²) in [5, 5.41) is 0. The van der Waals surface area contributed by atoms with Crippen LogP contribution in [0.4, 0.5) is 0 Å². The Hall–Kier alpha value is -1.60. The quantitative estimate of drug-likeness (QED) is 0.887. The Kier molecular flexibility index (Phi) is 3.16. The van der Waals surface area contributed by atoms with Crippen LogP contribution in [0.15, 0.2) is 42.5 Å². The molecule has 0 heterocycles. The van der Waals surface area contributed by atoms with Gasteiger partial charge in [-0.3, -0.25) is 0 Å². The smallest absolute Gasteiger partial charge is 0.0152 e. The summed E-state index contributed by atoms with van der Waals surface area (Å²) >= 11 is 0. The van der Waals surface area contributed by atoms with E-state index in [4.69, 9.17) is 5.73 Å². The summed E-state index contributed by atoms with van der Waals surface area (Å²) in [6.45, 7) is 4.32. The number of benzene rings is 2. The first-order valence-corrected chi connectivity index (χ1v) is 7.04. The molecule has 2 aromatic rings. The Morgan fingerprint density at radius 1 is 1.16 bits per heavy atom. The molecule has 0 saturated heterocycles. The lowest BCUT2D eigenvalue weighted by Crippen LogP contribution is -2.37. The Morgan fingerprint density at radius 2 is 1.95 bits per heavy atom. The van der Waals surface area contributed by atoms with E-state index in [1.807, 2.05) is 0 Å². The number of aryl methyl sites for hydroxylation is 2. The van der Waals surface area contributed by atoms with Crippen LogP contribution in [0.1, 0.15) is 33.7 Å². The van der Waals surface area contributed by atoms with Crippen molar-refractivity contribution in [3.63, 3.8) is 0 Å². The van der Waals surface area contributed by atoms with Gasteiger partial charge in [0.25, 0.3) is 0 Å². The van der Waals surface area contributed by atoms with Gasteiger partial charge < -0.3 is 5.73 Å². The number of hydrogen-bond donors (Lipinski definition) is 1. The van der Waals surface area contributed by atoms with Gasteiger partial charge in [0.1, 0.15) is 0 Å². The second kappa shape index (κ2) is 4.82. The van der Waals surface area contributed by atoms with Gasteiger partial charge in [0.15, 0.2) is 0 Å². The van der Waals surface area contributed by atoms with Crippen LogP contribution in [0, 0.1) is 13.8 Å². The molecule has 2 N–H and O–H groups in total. The highest BCUT2D eigenvalue weighted by molar-refractivity contribution is 5.42. The van der Waals surface area contributed by atoms with Crippen LogP contribution in [0.5, 0.6) is 0 Å². The molecule has 2 unspecified atom stereocenters. The first-order chi connectivity index (χ1) is 9.15. The predicted octanol–water partition coefficient (Wildman–Crippen LogP) is 3.51. The molecule has 0 spiro atoms. The number of nitrogens with two attached hydrogens (primary N) is 1. The lowest BCUT2D eigenvalue weighted by atomic mass is 9.72. The third-order valence-corrected chi connectivity index (χ3v) is 4.37. The van der Waals surface area contributed by atoms with Crippen molar-refractivity contribution in [3.8, 4) is 0 Å². The van der Waals surface area contributed by atoms with E-state index in [0.717, 1.165) is 12.8 Å². The summed E-state index contributed by atoms with van der Waals surface area (Å²) in [6, 6.07) is 15.6. The van der Waals surface area contributed by atoms with E-state index < -0.39 is 0 Å². The van der Waals surface area contributed by atoms with Gasteiger partial charge in [-0.2, -0.15) is 0 Å². The zero-order valence-corrected chi connectivity index (χ0v) is 11.7. The molecule has 3 rings (SSSR count). The van der Waals surface area contributed by atoms with Crippen molar-refractivity contribution in [1.82, 2.24) is 0 Å². The van der Waals surface area contributed by atoms with Crippen molar-refractivity contribution >= 4 is 0 Å². The standard InChI is InChI=1S/C18H21N/c1-12-7-8-13(2)15(9-12)11-18(19)17-10-14-5-3-4-6-16(14)17/h3-9,17-18H,10-11,19H2,1-2H3. The van der Waals surface area contributed by atoms with Crippen molar-refractivity contribution in [2.75, 3.05) is 0 Å². The van der Waals surface area contributed by atoms with Gasteiger partial charge in [-0.05, 0) is 48.9 Å². The monoisotopic (exact) mass is 251 g/mol. The molecule has 2 atom stereocenters. The minimum Gasteiger partial charge on any atom is -0.327 e. The normalized spacial score (nSPS) is 18.6. The number of hydrogen-bond acceptors (Lipinski definition) is 1. The molecule has 19 heavy (non-hydrogen) atoms. The van der Waals surface area contributed by atoms with Crippen LogP contribution in [0.3, 0.4) is 0 Å². The highest BCUT2D eigenvalue weighted by Gasteiger charge is 2.30. The maximum absolute atomic E-state index is 6.44. The Morgan fingerprint density at radius 3 is 2.74 bits per heavy atom. The van der Waals surface area contributed by atoms with E-state index in [1.54, 1.807) is 0 Å². The van der Waals surface area contributed by atoms with Crippen LogP contribution in [0.2, 0.25) is 0 Å². The fraction of sp³-hybridized carbons (Fsp3) is 0.333. The second-order valence-electron chi connectivity index (χ2n) is 5.81. The molecule has 0 aromatic heterocycles. The molecule has 1 nitrogen and oxygen atoms in total. The molecule has 98 valence electrons. The highest BCUT2D eigenvalue weighted by Crippen LogP contribution is 2.37. The fourth-order valence-corrected chi connectivity index (χ4v) is 3.10. The fourth-order valence-electron chi connectivity index (χ4n) is 3.10. The van der Waals surface area contributed by atoms with Gasteiger partial charge in [0.2, 0.25) is 0 Å². The zero-order valence-electron chi connectivity index (χ0n) is 11.7. The van der Waals surface area contributed by atoms with Gasteiger partial charge in [-0.25, -0.2) is 0 Å². The Bertz CT molecular complexity index is 600. The lowest BCUT2D eigenvalue weighted by Gasteiger charge is -2.35. The predicted molar refractivity (Wildman–Crippen MR) is 80.5 cm³/mol.